The van der Waals surface area contributed by atoms with Crippen molar-refractivity contribution in [2.24, 2.45) is 0 Å². The third kappa shape index (κ3) is 2.67. The Morgan fingerprint density at radius 2 is 1.85 bits per heavy atom. The lowest BCUT2D eigenvalue weighted by Gasteiger charge is -2.01. The number of rotatable bonds is 2. The van der Waals surface area contributed by atoms with Gasteiger partial charge in [-0.05, 0) is 20.8 Å². The van der Waals surface area contributed by atoms with E-state index in [-0.39, 0.29) is 16.5 Å². The fourth-order valence-electron chi connectivity index (χ4n) is 1.68. The first kappa shape index (κ1) is 14.5. The first-order valence-electron chi connectivity index (χ1n) is 5.48. The van der Waals surface area contributed by atoms with Gasteiger partial charge in [0.25, 0.3) is 5.91 Å². The number of aryl methyl sites for hydroxylation is 2. The molecule has 0 aliphatic heterocycles. The molecule has 0 bridgehead atoms. The maximum atomic E-state index is 12.4. The highest BCUT2D eigenvalue weighted by atomic mass is 32.1. The molecule has 108 valence electrons. The molecule has 2 heterocycles. The molecule has 0 fully saturated rings. The van der Waals surface area contributed by atoms with E-state index < -0.39 is 17.1 Å². The number of carbonyl (C=O) groups is 1. The third-order valence-electron chi connectivity index (χ3n) is 2.68. The van der Waals surface area contributed by atoms with E-state index in [1.54, 1.807) is 20.8 Å². The highest BCUT2D eigenvalue weighted by Crippen LogP contribution is 2.33. The van der Waals surface area contributed by atoms with Crippen LogP contribution < -0.4 is 5.32 Å². The van der Waals surface area contributed by atoms with Crippen LogP contribution in [-0.4, -0.2) is 16.1 Å². The van der Waals surface area contributed by atoms with Gasteiger partial charge in [-0.25, -0.2) is 0 Å². The molecule has 0 aromatic carbocycles. The molecule has 0 radical (unpaired) electrons. The van der Waals surface area contributed by atoms with Crippen LogP contribution in [0.5, 0.6) is 0 Å². The summed E-state index contributed by atoms with van der Waals surface area (Å²) in [5.41, 5.74) is 0.937. The maximum Gasteiger partial charge on any atom is 0.445 e. The summed E-state index contributed by atoms with van der Waals surface area (Å²) < 4.78 is 42.4. The summed E-state index contributed by atoms with van der Waals surface area (Å²) in [7, 11) is 0. The van der Waals surface area contributed by atoms with E-state index in [4.69, 9.17) is 4.42 Å². The zero-order valence-corrected chi connectivity index (χ0v) is 11.6. The van der Waals surface area contributed by atoms with Gasteiger partial charge in [0.05, 0.1) is 5.56 Å². The van der Waals surface area contributed by atoms with Gasteiger partial charge in [0, 0.05) is 5.56 Å². The molecule has 0 spiro atoms. The Hall–Kier alpha value is -1.90. The lowest BCUT2D eigenvalue weighted by molar-refractivity contribution is -0.138. The Balaban J connectivity index is 2.22. The van der Waals surface area contributed by atoms with Crippen LogP contribution in [0.3, 0.4) is 0 Å². The van der Waals surface area contributed by atoms with Crippen molar-refractivity contribution in [1.29, 1.82) is 0 Å². The number of furan rings is 1. The summed E-state index contributed by atoms with van der Waals surface area (Å²) in [5, 5.41) is 7.27. The van der Waals surface area contributed by atoms with Crippen molar-refractivity contribution in [3.05, 3.63) is 27.7 Å². The smallest absolute Gasteiger partial charge is 0.445 e. The molecule has 2 rings (SSSR count). The van der Waals surface area contributed by atoms with Gasteiger partial charge in [-0.1, -0.05) is 11.3 Å². The van der Waals surface area contributed by atoms with Crippen LogP contribution in [0.1, 0.15) is 32.4 Å². The number of carbonyl (C=O) groups excluding carboxylic acids is 1. The van der Waals surface area contributed by atoms with Gasteiger partial charge in [0.2, 0.25) is 10.1 Å². The first-order chi connectivity index (χ1) is 9.20. The third-order valence-corrected chi connectivity index (χ3v) is 3.56. The van der Waals surface area contributed by atoms with E-state index in [0.717, 1.165) is 0 Å². The zero-order chi connectivity index (χ0) is 15.1. The van der Waals surface area contributed by atoms with Crippen molar-refractivity contribution in [2.75, 3.05) is 5.32 Å². The lowest BCUT2D eigenvalue weighted by atomic mass is 10.1. The van der Waals surface area contributed by atoms with Gasteiger partial charge in [-0.3, -0.25) is 10.1 Å². The summed E-state index contributed by atoms with van der Waals surface area (Å²) in [6.07, 6.45) is -4.57. The van der Waals surface area contributed by atoms with E-state index >= 15 is 0 Å². The van der Waals surface area contributed by atoms with E-state index in [9.17, 15) is 18.0 Å². The number of hydrogen-bond donors (Lipinski definition) is 1. The molecule has 20 heavy (non-hydrogen) atoms. The van der Waals surface area contributed by atoms with Crippen LogP contribution in [-0.2, 0) is 6.18 Å². The standard InChI is InChI=1S/C11H10F3N3O2S/c1-4-5(2)19-6(3)7(4)8(18)15-10-17-16-9(20-10)11(12,13)14/h1-3H3,(H,15,17,18). The number of amides is 1. The van der Waals surface area contributed by atoms with Crippen molar-refractivity contribution in [2.45, 2.75) is 26.9 Å². The van der Waals surface area contributed by atoms with Crippen molar-refractivity contribution < 1.29 is 22.4 Å². The number of anilines is 1. The van der Waals surface area contributed by atoms with E-state index in [2.05, 4.69) is 15.5 Å². The highest BCUT2D eigenvalue weighted by Gasteiger charge is 2.36. The summed E-state index contributed by atoms with van der Waals surface area (Å²) in [6, 6.07) is 0. The second kappa shape index (κ2) is 4.89. The average molecular weight is 305 g/mol. The molecule has 2 aromatic rings. The van der Waals surface area contributed by atoms with Crippen LogP contribution in [0.2, 0.25) is 0 Å². The number of nitrogens with zero attached hydrogens (tertiary/aromatic N) is 2. The average Bonchev–Trinajstić information content (AvgIpc) is 2.85. The van der Waals surface area contributed by atoms with Crippen LogP contribution in [0.25, 0.3) is 0 Å². The predicted octanol–water partition coefficient (Wildman–Crippen LogP) is 3.33. The Morgan fingerprint density at radius 1 is 1.20 bits per heavy atom. The quantitative estimate of drug-likeness (QED) is 0.924. The normalized spacial score (nSPS) is 11.7. The molecule has 0 saturated heterocycles. The highest BCUT2D eigenvalue weighted by molar-refractivity contribution is 7.15. The largest absolute Gasteiger partial charge is 0.466 e. The molecule has 0 aliphatic rings. The van der Waals surface area contributed by atoms with Gasteiger partial charge in [0.15, 0.2) is 0 Å². The number of nitrogens with one attached hydrogen (secondary N) is 1. The molecule has 0 saturated carbocycles. The molecule has 0 aliphatic carbocycles. The Morgan fingerprint density at radius 3 is 2.30 bits per heavy atom. The molecular weight excluding hydrogens is 295 g/mol. The van der Waals surface area contributed by atoms with Crippen LogP contribution in [0, 0.1) is 20.8 Å². The predicted molar refractivity (Wildman–Crippen MR) is 65.8 cm³/mol. The van der Waals surface area contributed by atoms with Crippen LogP contribution in [0.15, 0.2) is 4.42 Å². The monoisotopic (exact) mass is 305 g/mol. The van der Waals surface area contributed by atoms with Gasteiger partial charge in [-0.15, -0.1) is 10.2 Å². The molecule has 2 aromatic heterocycles. The Labute approximate surface area is 115 Å². The fraction of sp³-hybridized carbons (Fsp3) is 0.364. The van der Waals surface area contributed by atoms with Crippen molar-refractivity contribution in [1.82, 2.24) is 10.2 Å². The Kier molecular flexibility index (Phi) is 3.55. The minimum Gasteiger partial charge on any atom is -0.466 e. The summed E-state index contributed by atoms with van der Waals surface area (Å²) >= 11 is 0.272. The fourth-order valence-corrected chi connectivity index (χ4v) is 2.28. The van der Waals surface area contributed by atoms with Crippen molar-refractivity contribution in [3.63, 3.8) is 0 Å². The first-order valence-corrected chi connectivity index (χ1v) is 6.30. The molecule has 9 heteroatoms. The second-order valence-electron chi connectivity index (χ2n) is 4.08. The van der Waals surface area contributed by atoms with Gasteiger partial charge in [-0.2, -0.15) is 13.2 Å². The molecule has 1 N–H and O–H groups in total. The maximum absolute atomic E-state index is 12.4. The topological polar surface area (TPSA) is 68.0 Å². The summed E-state index contributed by atoms with van der Waals surface area (Å²) in [6.45, 7) is 5.00. The Bertz CT molecular complexity index is 660. The zero-order valence-electron chi connectivity index (χ0n) is 10.8. The number of hydrogen-bond acceptors (Lipinski definition) is 5. The second-order valence-corrected chi connectivity index (χ2v) is 5.06. The van der Waals surface area contributed by atoms with Gasteiger partial charge < -0.3 is 4.42 Å². The SMILES string of the molecule is Cc1oc(C)c(C(=O)Nc2nnc(C(F)(F)F)s2)c1C. The van der Waals surface area contributed by atoms with E-state index in [1.807, 2.05) is 0 Å². The number of aromatic nitrogens is 2. The van der Waals surface area contributed by atoms with E-state index in [0.29, 0.717) is 22.6 Å². The van der Waals surface area contributed by atoms with Gasteiger partial charge in [0.1, 0.15) is 11.5 Å². The van der Waals surface area contributed by atoms with Crippen molar-refractivity contribution in [3.8, 4) is 0 Å². The van der Waals surface area contributed by atoms with Crippen molar-refractivity contribution >= 4 is 22.4 Å². The molecule has 0 atom stereocenters. The molecule has 5 nitrogen and oxygen atoms in total. The van der Waals surface area contributed by atoms with Gasteiger partial charge >= 0.3 is 6.18 Å². The molecule has 1 amide bonds. The van der Waals surface area contributed by atoms with Crippen LogP contribution in [0.4, 0.5) is 18.3 Å². The lowest BCUT2D eigenvalue weighted by Crippen LogP contribution is -2.13. The summed E-state index contributed by atoms with van der Waals surface area (Å²) in [4.78, 5) is 12.0. The minimum absolute atomic E-state index is 0.208. The van der Waals surface area contributed by atoms with E-state index in [1.165, 1.54) is 0 Å². The minimum atomic E-state index is -4.57. The number of halogens is 3. The molecule has 0 unspecified atom stereocenters. The number of alkyl halides is 3. The molecular formula is C11H10F3N3O2S. The van der Waals surface area contributed by atoms with Crippen LogP contribution >= 0.6 is 11.3 Å². The summed E-state index contributed by atoms with van der Waals surface area (Å²) in [5.74, 6) is 0.417.